The number of esters is 1. The van der Waals surface area contributed by atoms with E-state index in [9.17, 15) is 13.6 Å². The minimum atomic E-state index is -2.63. The van der Waals surface area contributed by atoms with Gasteiger partial charge in [0, 0.05) is 18.0 Å². The summed E-state index contributed by atoms with van der Waals surface area (Å²) >= 11 is 0. The summed E-state index contributed by atoms with van der Waals surface area (Å²) in [5.74, 6) is -0.536. The molecule has 0 atom stereocenters. The van der Waals surface area contributed by atoms with Gasteiger partial charge < -0.3 is 4.74 Å². The molecule has 0 saturated carbocycles. The van der Waals surface area contributed by atoms with Gasteiger partial charge in [-0.25, -0.2) is 8.78 Å². The van der Waals surface area contributed by atoms with Crippen molar-refractivity contribution in [3.63, 3.8) is 0 Å². The number of nitrogens with zero attached hydrogens (tertiary/aromatic N) is 1. The van der Waals surface area contributed by atoms with Gasteiger partial charge in [0.25, 0.3) is 6.43 Å². The molecule has 0 aliphatic carbocycles. The van der Waals surface area contributed by atoms with Crippen molar-refractivity contribution in [1.29, 1.82) is 0 Å². The number of hydrogen-bond donors (Lipinski definition) is 0. The number of ether oxygens (including phenoxy) is 1. The van der Waals surface area contributed by atoms with Gasteiger partial charge in [-0.15, -0.1) is 0 Å². The van der Waals surface area contributed by atoms with Crippen molar-refractivity contribution in [3.05, 3.63) is 29.1 Å². The minimum absolute atomic E-state index is 0.148. The fourth-order valence-electron chi connectivity index (χ4n) is 1.26. The first-order chi connectivity index (χ1) is 7.06. The molecular formula is C10H11F2NO2. The Morgan fingerprint density at radius 1 is 1.53 bits per heavy atom. The zero-order chi connectivity index (χ0) is 11.4. The smallest absolute Gasteiger partial charge is 0.310 e. The molecule has 0 spiro atoms. The normalized spacial score (nSPS) is 10.5. The number of methoxy groups -OCH3 is 1. The van der Waals surface area contributed by atoms with Gasteiger partial charge in [0.2, 0.25) is 0 Å². The third-order valence-electron chi connectivity index (χ3n) is 2.09. The highest BCUT2D eigenvalue weighted by Crippen LogP contribution is 2.24. The molecule has 1 aromatic rings. The summed E-state index contributed by atoms with van der Waals surface area (Å²) in [7, 11) is 1.22. The Kier molecular flexibility index (Phi) is 3.71. The molecule has 15 heavy (non-hydrogen) atoms. The van der Waals surface area contributed by atoms with Crippen LogP contribution in [0.2, 0.25) is 0 Å². The first-order valence-electron chi connectivity index (χ1n) is 4.34. The Labute approximate surface area is 86.1 Å². The zero-order valence-corrected chi connectivity index (χ0v) is 8.46. The third kappa shape index (κ3) is 2.71. The topological polar surface area (TPSA) is 39.2 Å². The molecular weight excluding hydrogens is 204 g/mol. The summed E-state index contributed by atoms with van der Waals surface area (Å²) in [4.78, 5) is 14.7. The van der Waals surface area contributed by atoms with Crippen LogP contribution >= 0.6 is 0 Å². The van der Waals surface area contributed by atoms with Crippen molar-refractivity contribution in [2.24, 2.45) is 0 Å². The molecule has 1 aromatic heterocycles. The summed E-state index contributed by atoms with van der Waals surface area (Å²) in [6, 6.07) is 0. The average Bonchev–Trinajstić information content (AvgIpc) is 2.20. The van der Waals surface area contributed by atoms with Gasteiger partial charge in [0.15, 0.2) is 0 Å². The van der Waals surface area contributed by atoms with E-state index < -0.39 is 12.4 Å². The van der Waals surface area contributed by atoms with Gasteiger partial charge in [-0.2, -0.15) is 0 Å². The molecule has 1 rings (SSSR count). The van der Waals surface area contributed by atoms with E-state index in [1.165, 1.54) is 13.3 Å². The molecule has 0 bridgehead atoms. The van der Waals surface area contributed by atoms with E-state index in [-0.39, 0.29) is 12.0 Å². The fraction of sp³-hybridized carbons (Fsp3) is 0.400. The van der Waals surface area contributed by atoms with Gasteiger partial charge in [-0.1, -0.05) is 0 Å². The van der Waals surface area contributed by atoms with Crippen molar-refractivity contribution < 1.29 is 18.3 Å². The van der Waals surface area contributed by atoms with Gasteiger partial charge in [-0.3, -0.25) is 9.78 Å². The lowest BCUT2D eigenvalue weighted by Crippen LogP contribution is -2.09. The van der Waals surface area contributed by atoms with Crippen LogP contribution in [-0.4, -0.2) is 18.1 Å². The number of aryl methyl sites for hydroxylation is 1. The molecule has 0 amide bonds. The number of halogens is 2. The lowest BCUT2D eigenvalue weighted by molar-refractivity contribution is -0.139. The second-order valence-electron chi connectivity index (χ2n) is 3.08. The van der Waals surface area contributed by atoms with Crippen LogP contribution in [0.1, 0.15) is 23.1 Å². The predicted molar refractivity (Wildman–Crippen MR) is 49.7 cm³/mol. The van der Waals surface area contributed by atoms with Crippen LogP contribution in [0.25, 0.3) is 0 Å². The first-order valence-corrected chi connectivity index (χ1v) is 4.34. The SMILES string of the molecule is COC(=O)Cc1c(C)cncc1C(F)F. The van der Waals surface area contributed by atoms with E-state index in [2.05, 4.69) is 9.72 Å². The highest BCUT2D eigenvalue weighted by atomic mass is 19.3. The van der Waals surface area contributed by atoms with E-state index >= 15 is 0 Å². The maximum Gasteiger partial charge on any atom is 0.310 e. The molecule has 82 valence electrons. The Morgan fingerprint density at radius 3 is 2.73 bits per heavy atom. The van der Waals surface area contributed by atoms with Gasteiger partial charge in [0.05, 0.1) is 13.5 Å². The van der Waals surface area contributed by atoms with E-state index in [0.717, 1.165) is 6.20 Å². The van der Waals surface area contributed by atoms with Crippen LogP contribution in [0.3, 0.4) is 0 Å². The monoisotopic (exact) mass is 215 g/mol. The average molecular weight is 215 g/mol. The molecule has 0 N–H and O–H groups in total. The lowest BCUT2D eigenvalue weighted by Gasteiger charge is -2.09. The number of pyridine rings is 1. The van der Waals surface area contributed by atoms with Crippen molar-refractivity contribution >= 4 is 5.97 Å². The second-order valence-corrected chi connectivity index (χ2v) is 3.08. The van der Waals surface area contributed by atoms with E-state index in [1.807, 2.05) is 0 Å². The summed E-state index contributed by atoms with van der Waals surface area (Å²) in [6.45, 7) is 1.64. The van der Waals surface area contributed by atoms with E-state index in [1.54, 1.807) is 6.92 Å². The van der Waals surface area contributed by atoms with Crippen molar-refractivity contribution in [2.75, 3.05) is 7.11 Å². The first kappa shape index (κ1) is 11.6. The molecule has 3 nitrogen and oxygen atoms in total. The molecule has 0 aliphatic rings. The largest absolute Gasteiger partial charge is 0.469 e. The summed E-state index contributed by atoms with van der Waals surface area (Å²) < 4.78 is 29.6. The van der Waals surface area contributed by atoms with Crippen molar-refractivity contribution in [1.82, 2.24) is 4.98 Å². The fourth-order valence-corrected chi connectivity index (χ4v) is 1.26. The zero-order valence-electron chi connectivity index (χ0n) is 8.46. The Morgan fingerprint density at radius 2 is 2.20 bits per heavy atom. The Balaban J connectivity index is 3.07. The quantitative estimate of drug-likeness (QED) is 0.724. The molecule has 1 heterocycles. The third-order valence-corrected chi connectivity index (χ3v) is 2.09. The van der Waals surface area contributed by atoms with E-state index in [4.69, 9.17) is 0 Å². The van der Waals surface area contributed by atoms with Gasteiger partial charge >= 0.3 is 5.97 Å². The number of alkyl halides is 2. The second kappa shape index (κ2) is 4.82. The molecule has 5 heteroatoms. The Bertz CT molecular complexity index is 366. The summed E-state index contributed by atoms with van der Waals surface area (Å²) in [6.07, 6.45) is -0.248. The number of carbonyl (C=O) groups is 1. The molecule has 0 radical (unpaired) electrons. The van der Waals surface area contributed by atoms with Gasteiger partial charge in [-0.05, 0) is 18.1 Å². The number of rotatable bonds is 3. The van der Waals surface area contributed by atoms with Crippen LogP contribution < -0.4 is 0 Å². The highest BCUT2D eigenvalue weighted by Gasteiger charge is 2.17. The van der Waals surface area contributed by atoms with Crippen LogP contribution in [-0.2, 0) is 16.0 Å². The van der Waals surface area contributed by atoms with Crippen LogP contribution in [0.15, 0.2) is 12.4 Å². The number of hydrogen-bond acceptors (Lipinski definition) is 3. The van der Waals surface area contributed by atoms with Crippen molar-refractivity contribution in [3.8, 4) is 0 Å². The minimum Gasteiger partial charge on any atom is -0.469 e. The summed E-state index contributed by atoms with van der Waals surface area (Å²) in [5, 5.41) is 0. The maximum absolute atomic E-state index is 12.6. The van der Waals surface area contributed by atoms with Crippen LogP contribution in [0.5, 0.6) is 0 Å². The maximum atomic E-state index is 12.6. The number of aromatic nitrogens is 1. The van der Waals surface area contributed by atoms with Crippen LogP contribution in [0, 0.1) is 6.92 Å². The molecule has 0 saturated heterocycles. The van der Waals surface area contributed by atoms with Crippen LogP contribution in [0.4, 0.5) is 8.78 Å². The lowest BCUT2D eigenvalue weighted by atomic mass is 10.0. The van der Waals surface area contributed by atoms with E-state index in [0.29, 0.717) is 11.1 Å². The Hall–Kier alpha value is -1.52. The molecule has 0 fully saturated rings. The number of carbonyl (C=O) groups excluding carboxylic acids is 1. The standard InChI is InChI=1S/C10H11F2NO2/c1-6-4-13-5-8(10(11)12)7(6)3-9(14)15-2/h4-5,10H,3H2,1-2H3. The molecule has 0 unspecified atom stereocenters. The molecule has 0 aromatic carbocycles. The molecule has 0 aliphatic heterocycles. The summed E-state index contributed by atoms with van der Waals surface area (Å²) in [5.41, 5.74) is 0.658. The highest BCUT2D eigenvalue weighted by molar-refractivity contribution is 5.73. The van der Waals surface area contributed by atoms with Crippen molar-refractivity contribution in [2.45, 2.75) is 19.8 Å². The van der Waals surface area contributed by atoms with Gasteiger partial charge in [0.1, 0.15) is 0 Å². The predicted octanol–water partition coefficient (Wildman–Crippen LogP) is 2.04.